The Morgan fingerprint density at radius 1 is 1.23 bits per heavy atom. The van der Waals surface area contributed by atoms with E-state index in [-0.39, 0.29) is 12.5 Å². The first kappa shape index (κ1) is 19.7. The minimum atomic E-state index is -0.350. The Kier molecular flexibility index (Phi) is 7.89. The van der Waals surface area contributed by atoms with Gasteiger partial charge in [0.1, 0.15) is 18.1 Å². The molecule has 0 fully saturated rings. The molecule has 0 unspecified atom stereocenters. The number of nitrogens with one attached hydrogen (secondary N) is 1. The number of halogens is 1. The molecule has 0 bridgehead atoms. The first-order valence-corrected chi connectivity index (χ1v) is 8.99. The zero-order valence-corrected chi connectivity index (χ0v) is 16.2. The number of ether oxygens (including phenoxy) is 2. The normalized spacial score (nSPS) is 10.5. The monoisotopic (exact) mass is 416 g/mol. The molecule has 0 saturated carbocycles. The molecule has 6 heteroatoms. The number of nitrogens with zero attached hydrogens (tertiary/aromatic N) is 1. The molecule has 0 aliphatic carbocycles. The van der Waals surface area contributed by atoms with Crippen LogP contribution in [0.1, 0.15) is 18.1 Å². The summed E-state index contributed by atoms with van der Waals surface area (Å²) in [6.45, 7) is 5.97. The third-order valence-corrected chi connectivity index (χ3v) is 4.05. The van der Waals surface area contributed by atoms with E-state index in [9.17, 15) is 4.79 Å². The number of hydrogen-bond donors (Lipinski definition) is 1. The molecule has 0 aromatic heterocycles. The summed E-state index contributed by atoms with van der Waals surface area (Å²) in [5.74, 6) is 0.934. The molecule has 2 rings (SSSR count). The van der Waals surface area contributed by atoms with Gasteiger partial charge in [-0.15, -0.1) is 0 Å². The first-order valence-electron chi connectivity index (χ1n) is 8.20. The number of hydrogen-bond acceptors (Lipinski definition) is 4. The highest BCUT2D eigenvalue weighted by atomic mass is 79.9. The van der Waals surface area contributed by atoms with E-state index in [1.54, 1.807) is 6.08 Å². The fourth-order valence-corrected chi connectivity index (χ4v) is 2.64. The molecule has 2 aromatic carbocycles. The van der Waals surface area contributed by atoms with E-state index in [0.29, 0.717) is 18.1 Å². The van der Waals surface area contributed by atoms with Crippen molar-refractivity contribution < 1.29 is 14.3 Å². The lowest BCUT2D eigenvalue weighted by Crippen LogP contribution is -2.24. The lowest BCUT2D eigenvalue weighted by molar-refractivity contribution is -0.123. The van der Waals surface area contributed by atoms with Crippen molar-refractivity contribution in [3.05, 3.63) is 70.7 Å². The molecule has 0 aliphatic rings. The third-order valence-electron chi connectivity index (χ3n) is 3.43. The van der Waals surface area contributed by atoms with E-state index in [1.807, 2.05) is 42.5 Å². The lowest BCUT2D eigenvalue weighted by Gasteiger charge is -2.08. The Bertz CT molecular complexity index is 790. The van der Waals surface area contributed by atoms with Crippen LogP contribution in [0.4, 0.5) is 0 Å². The van der Waals surface area contributed by atoms with Crippen LogP contribution < -0.4 is 14.9 Å². The highest BCUT2D eigenvalue weighted by Gasteiger charge is 2.06. The molecule has 0 atom stereocenters. The van der Waals surface area contributed by atoms with E-state index in [1.165, 1.54) is 11.8 Å². The minimum absolute atomic E-state index is 0.129. The number of benzene rings is 2. The quantitative estimate of drug-likeness (QED) is 0.380. The third kappa shape index (κ3) is 6.04. The Hall–Kier alpha value is -2.60. The fraction of sp³-hybridized carbons (Fsp3) is 0.200. The second kappa shape index (κ2) is 10.4. The van der Waals surface area contributed by atoms with Crippen LogP contribution in [0.15, 0.2) is 64.7 Å². The van der Waals surface area contributed by atoms with Gasteiger partial charge in [-0.3, -0.25) is 4.79 Å². The zero-order chi connectivity index (χ0) is 18.8. The lowest BCUT2D eigenvalue weighted by atomic mass is 10.2. The molecule has 0 heterocycles. The summed E-state index contributed by atoms with van der Waals surface area (Å²) in [6, 6.07) is 13.2. The summed E-state index contributed by atoms with van der Waals surface area (Å²) in [4.78, 5) is 11.9. The second-order valence-electron chi connectivity index (χ2n) is 5.34. The van der Waals surface area contributed by atoms with Gasteiger partial charge < -0.3 is 9.47 Å². The van der Waals surface area contributed by atoms with Crippen LogP contribution in [0.3, 0.4) is 0 Å². The van der Waals surface area contributed by atoms with Crippen LogP contribution in [0, 0.1) is 0 Å². The number of carbonyl (C=O) groups excluding carboxylic acids is 1. The summed E-state index contributed by atoms with van der Waals surface area (Å²) in [6.07, 6.45) is 4.13. The van der Waals surface area contributed by atoms with Gasteiger partial charge in [-0.05, 0) is 52.2 Å². The largest absolute Gasteiger partial charge is 0.489 e. The number of para-hydroxylation sites is 1. The molecular weight excluding hydrogens is 396 g/mol. The molecule has 2 aromatic rings. The van der Waals surface area contributed by atoms with Gasteiger partial charge in [-0.2, -0.15) is 5.10 Å². The Labute approximate surface area is 161 Å². The average molecular weight is 417 g/mol. The predicted molar refractivity (Wildman–Crippen MR) is 107 cm³/mol. The number of hydrazone groups is 1. The van der Waals surface area contributed by atoms with E-state index in [0.717, 1.165) is 16.5 Å². The van der Waals surface area contributed by atoms with Gasteiger partial charge in [-0.25, -0.2) is 5.43 Å². The Morgan fingerprint density at radius 2 is 2.04 bits per heavy atom. The molecule has 0 saturated heterocycles. The summed E-state index contributed by atoms with van der Waals surface area (Å²) >= 11 is 3.44. The minimum Gasteiger partial charge on any atom is -0.489 e. The SMILES string of the molecule is C=CCOc1ccccc1/C=N/NC(=O)COc1ccc(CC)cc1Br. The number of aryl methyl sites for hydroxylation is 1. The Balaban J connectivity index is 1.87. The van der Waals surface area contributed by atoms with Crippen molar-refractivity contribution in [3.8, 4) is 11.5 Å². The number of rotatable bonds is 9. The zero-order valence-electron chi connectivity index (χ0n) is 14.6. The Morgan fingerprint density at radius 3 is 2.77 bits per heavy atom. The van der Waals surface area contributed by atoms with Crippen molar-refractivity contribution in [1.29, 1.82) is 0 Å². The van der Waals surface area contributed by atoms with Gasteiger partial charge in [0.25, 0.3) is 5.91 Å². The summed E-state index contributed by atoms with van der Waals surface area (Å²) in [5.41, 5.74) is 4.39. The molecule has 136 valence electrons. The topological polar surface area (TPSA) is 59.9 Å². The fourth-order valence-electron chi connectivity index (χ4n) is 2.10. The standard InChI is InChI=1S/C20H21BrN2O3/c1-3-11-25-18-8-6-5-7-16(18)13-22-23-20(24)14-26-19-10-9-15(4-2)12-17(19)21/h3,5-10,12-13H,1,4,11,14H2,2H3,(H,23,24)/b22-13+. The van der Waals surface area contributed by atoms with Crippen LogP contribution in [-0.4, -0.2) is 25.3 Å². The number of carbonyl (C=O) groups is 1. The average Bonchev–Trinajstić information content (AvgIpc) is 2.66. The summed E-state index contributed by atoms with van der Waals surface area (Å²) in [5, 5.41) is 3.95. The predicted octanol–water partition coefficient (Wildman–Crippen LogP) is 4.11. The molecule has 0 spiro atoms. The highest BCUT2D eigenvalue weighted by Crippen LogP contribution is 2.26. The van der Waals surface area contributed by atoms with Gasteiger partial charge in [0.15, 0.2) is 6.61 Å². The van der Waals surface area contributed by atoms with Crippen molar-refractivity contribution in [3.63, 3.8) is 0 Å². The van der Waals surface area contributed by atoms with Crippen LogP contribution in [-0.2, 0) is 11.2 Å². The number of amides is 1. The van der Waals surface area contributed by atoms with Crippen molar-refractivity contribution in [2.75, 3.05) is 13.2 Å². The van der Waals surface area contributed by atoms with Gasteiger partial charge in [0, 0.05) is 5.56 Å². The van der Waals surface area contributed by atoms with Crippen LogP contribution >= 0.6 is 15.9 Å². The van der Waals surface area contributed by atoms with E-state index in [4.69, 9.17) is 9.47 Å². The van der Waals surface area contributed by atoms with E-state index in [2.05, 4.69) is 40.0 Å². The van der Waals surface area contributed by atoms with Crippen molar-refractivity contribution in [1.82, 2.24) is 5.43 Å². The van der Waals surface area contributed by atoms with Crippen LogP contribution in [0.5, 0.6) is 11.5 Å². The maximum absolute atomic E-state index is 11.9. The smallest absolute Gasteiger partial charge is 0.277 e. The second-order valence-corrected chi connectivity index (χ2v) is 6.19. The molecular formula is C20H21BrN2O3. The summed E-state index contributed by atoms with van der Waals surface area (Å²) in [7, 11) is 0. The van der Waals surface area contributed by atoms with E-state index >= 15 is 0 Å². The van der Waals surface area contributed by atoms with Gasteiger partial charge in [0.05, 0.1) is 10.7 Å². The van der Waals surface area contributed by atoms with Crippen molar-refractivity contribution >= 4 is 28.1 Å². The van der Waals surface area contributed by atoms with Crippen molar-refractivity contribution in [2.45, 2.75) is 13.3 Å². The van der Waals surface area contributed by atoms with Gasteiger partial charge in [0.2, 0.25) is 0 Å². The van der Waals surface area contributed by atoms with Crippen LogP contribution in [0.25, 0.3) is 0 Å². The molecule has 0 radical (unpaired) electrons. The first-order chi connectivity index (χ1) is 12.6. The van der Waals surface area contributed by atoms with E-state index < -0.39 is 0 Å². The highest BCUT2D eigenvalue weighted by molar-refractivity contribution is 9.10. The molecule has 1 N–H and O–H groups in total. The molecule has 5 nitrogen and oxygen atoms in total. The maximum Gasteiger partial charge on any atom is 0.277 e. The maximum atomic E-state index is 11.9. The molecule has 26 heavy (non-hydrogen) atoms. The van der Waals surface area contributed by atoms with Gasteiger partial charge in [-0.1, -0.05) is 37.8 Å². The molecule has 1 amide bonds. The summed E-state index contributed by atoms with van der Waals surface area (Å²) < 4.78 is 11.9. The van der Waals surface area contributed by atoms with Crippen LogP contribution in [0.2, 0.25) is 0 Å². The molecule has 0 aliphatic heterocycles. The van der Waals surface area contributed by atoms with Crippen molar-refractivity contribution in [2.24, 2.45) is 5.10 Å². The van der Waals surface area contributed by atoms with Gasteiger partial charge >= 0.3 is 0 Å².